The van der Waals surface area contributed by atoms with Crippen molar-refractivity contribution in [2.45, 2.75) is 39.3 Å². The van der Waals surface area contributed by atoms with Gasteiger partial charge in [-0.15, -0.1) is 0 Å². The molecule has 2 aromatic rings. The fraction of sp³-hybridized carbons (Fsp3) is 0.273. The van der Waals surface area contributed by atoms with E-state index < -0.39 is 24.0 Å². The normalized spacial score (nSPS) is 11.2. The number of hydrogen-bond donors (Lipinski definition) is 2. The first-order valence-corrected chi connectivity index (χ1v) is 9.27. The first-order valence-electron chi connectivity index (χ1n) is 9.27. The molecule has 29 heavy (non-hydrogen) atoms. The number of urea groups is 1. The van der Waals surface area contributed by atoms with Crippen molar-refractivity contribution in [1.82, 2.24) is 10.6 Å². The van der Waals surface area contributed by atoms with Crippen LogP contribution in [0.25, 0.3) is 0 Å². The number of nitrogens with one attached hydrogen (secondary N) is 2. The van der Waals surface area contributed by atoms with Gasteiger partial charge in [0.15, 0.2) is 11.9 Å². The molecule has 2 aromatic carbocycles. The quantitative estimate of drug-likeness (QED) is 0.528. The second-order valence-electron chi connectivity index (χ2n) is 6.58. The summed E-state index contributed by atoms with van der Waals surface area (Å²) in [5.41, 5.74) is 2.44. The van der Waals surface area contributed by atoms with Gasteiger partial charge in [0.1, 0.15) is 0 Å². The number of benzene rings is 2. The van der Waals surface area contributed by atoms with Crippen LogP contribution in [0, 0.1) is 6.92 Å². The summed E-state index contributed by atoms with van der Waals surface area (Å²) in [6.45, 7) is 3.54. The van der Waals surface area contributed by atoms with Crippen LogP contribution in [0.2, 0.25) is 0 Å². The van der Waals surface area contributed by atoms with Crippen LogP contribution in [0.1, 0.15) is 41.3 Å². The molecule has 0 unspecified atom stereocenters. The van der Waals surface area contributed by atoms with Gasteiger partial charge in [-0.05, 0) is 19.4 Å². The third-order valence-corrected chi connectivity index (χ3v) is 4.14. The van der Waals surface area contributed by atoms with Crippen molar-refractivity contribution in [2.24, 2.45) is 0 Å². The predicted molar refractivity (Wildman–Crippen MR) is 107 cm³/mol. The van der Waals surface area contributed by atoms with Crippen molar-refractivity contribution in [3.05, 3.63) is 71.3 Å². The molecule has 2 rings (SSSR count). The van der Waals surface area contributed by atoms with E-state index in [-0.39, 0.29) is 25.2 Å². The Balaban J connectivity index is 1.70. The van der Waals surface area contributed by atoms with Gasteiger partial charge in [-0.2, -0.15) is 0 Å². The Morgan fingerprint density at radius 1 is 0.931 bits per heavy atom. The van der Waals surface area contributed by atoms with E-state index in [0.29, 0.717) is 5.56 Å². The minimum absolute atomic E-state index is 0.0200. The number of imide groups is 1. The summed E-state index contributed by atoms with van der Waals surface area (Å²) < 4.78 is 5.00. The third kappa shape index (κ3) is 7.57. The van der Waals surface area contributed by atoms with Gasteiger partial charge in [0.25, 0.3) is 5.91 Å². The molecule has 2 N–H and O–H groups in total. The lowest BCUT2D eigenvalue weighted by Gasteiger charge is -2.13. The van der Waals surface area contributed by atoms with E-state index in [4.69, 9.17) is 4.74 Å². The number of carbonyl (C=O) groups excluding carboxylic acids is 4. The molecule has 0 fully saturated rings. The third-order valence-electron chi connectivity index (χ3n) is 4.14. The van der Waals surface area contributed by atoms with Gasteiger partial charge < -0.3 is 10.1 Å². The number of aryl methyl sites for hydroxylation is 1. The molecular weight excluding hydrogens is 372 g/mol. The van der Waals surface area contributed by atoms with Gasteiger partial charge in [-0.25, -0.2) is 4.79 Å². The van der Waals surface area contributed by atoms with Gasteiger partial charge in [0, 0.05) is 18.5 Å². The Kier molecular flexibility index (Phi) is 8.09. The van der Waals surface area contributed by atoms with Crippen LogP contribution >= 0.6 is 0 Å². The Hall–Kier alpha value is -3.48. The molecule has 7 heteroatoms. The second-order valence-corrected chi connectivity index (χ2v) is 6.58. The number of rotatable bonds is 8. The van der Waals surface area contributed by atoms with Crippen molar-refractivity contribution < 1.29 is 23.9 Å². The van der Waals surface area contributed by atoms with Crippen LogP contribution in [0.4, 0.5) is 4.79 Å². The van der Waals surface area contributed by atoms with E-state index in [9.17, 15) is 19.2 Å². The molecule has 0 radical (unpaired) electrons. The highest BCUT2D eigenvalue weighted by Gasteiger charge is 2.20. The van der Waals surface area contributed by atoms with E-state index >= 15 is 0 Å². The maximum Gasteiger partial charge on any atom is 0.321 e. The van der Waals surface area contributed by atoms with E-state index in [0.717, 1.165) is 11.1 Å². The molecule has 1 atom stereocenters. The van der Waals surface area contributed by atoms with Gasteiger partial charge in [-0.3, -0.25) is 19.7 Å². The number of esters is 1. The smallest absolute Gasteiger partial charge is 0.321 e. The topological polar surface area (TPSA) is 102 Å². The van der Waals surface area contributed by atoms with Crippen LogP contribution in [-0.2, 0) is 20.9 Å². The van der Waals surface area contributed by atoms with Crippen LogP contribution in [0.15, 0.2) is 54.6 Å². The van der Waals surface area contributed by atoms with Crippen LogP contribution in [0.5, 0.6) is 0 Å². The molecule has 0 aliphatic rings. The number of amides is 3. The molecule has 0 aromatic heterocycles. The molecule has 3 amide bonds. The lowest BCUT2D eigenvalue weighted by atomic mass is 10.1. The Morgan fingerprint density at radius 3 is 2.24 bits per heavy atom. The zero-order valence-corrected chi connectivity index (χ0v) is 16.4. The zero-order valence-electron chi connectivity index (χ0n) is 16.4. The highest BCUT2D eigenvalue weighted by Crippen LogP contribution is 2.08. The lowest BCUT2D eigenvalue weighted by molar-refractivity contribution is -0.154. The SMILES string of the molecule is Cc1ccc(C(=O)CCC(=O)O[C@H](C)C(=O)NC(=O)NCc2ccccc2)cc1. The van der Waals surface area contributed by atoms with Crippen LogP contribution in [-0.4, -0.2) is 29.8 Å². The molecule has 152 valence electrons. The molecule has 0 heterocycles. The maximum atomic E-state index is 12.1. The summed E-state index contributed by atoms with van der Waals surface area (Å²) in [6.07, 6.45) is -1.32. The maximum absolute atomic E-state index is 12.1. The van der Waals surface area contributed by atoms with Crippen LogP contribution in [0.3, 0.4) is 0 Å². The minimum Gasteiger partial charge on any atom is -0.453 e. The predicted octanol–water partition coefficient (Wildman–Crippen LogP) is 2.92. The number of carbonyl (C=O) groups is 4. The molecular formula is C22H24N2O5. The first kappa shape index (κ1) is 21.8. The summed E-state index contributed by atoms with van der Waals surface area (Å²) in [4.78, 5) is 47.7. The monoisotopic (exact) mass is 396 g/mol. The molecule has 0 spiro atoms. The van der Waals surface area contributed by atoms with Gasteiger partial charge in [-0.1, -0.05) is 60.2 Å². The van der Waals surface area contributed by atoms with Crippen molar-refractivity contribution in [3.63, 3.8) is 0 Å². The number of Topliss-reactive ketones (excluding diaryl/α,β-unsaturated/α-hetero) is 1. The average molecular weight is 396 g/mol. The first-order chi connectivity index (χ1) is 13.8. The Bertz CT molecular complexity index is 863. The number of hydrogen-bond acceptors (Lipinski definition) is 5. The summed E-state index contributed by atoms with van der Waals surface area (Å²) in [5.74, 6) is -1.61. The van der Waals surface area contributed by atoms with Gasteiger partial charge >= 0.3 is 12.0 Å². The molecule has 0 bridgehead atoms. The van der Waals surface area contributed by atoms with Crippen molar-refractivity contribution in [3.8, 4) is 0 Å². The number of ketones is 1. The summed E-state index contributed by atoms with van der Waals surface area (Å²) in [5, 5.41) is 4.66. The summed E-state index contributed by atoms with van der Waals surface area (Å²) in [6, 6.07) is 15.6. The average Bonchev–Trinajstić information content (AvgIpc) is 2.71. The zero-order chi connectivity index (χ0) is 21.2. The molecule has 7 nitrogen and oxygen atoms in total. The molecule has 0 aliphatic carbocycles. The van der Waals surface area contributed by atoms with E-state index in [1.54, 1.807) is 12.1 Å². The highest BCUT2D eigenvalue weighted by molar-refractivity contribution is 5.98. The highest BCUT2D eigenvalue weighted by atomic mass is 16.5. The van der Waals surface area contributed by atoms with Crippen LogP contribution < -0.4 is 10.6 Å². The lowest BCUT2D eigenvalue weighted by Crippen LogP contribution is -2.44. The van der Waals surface area contributed by atoms with Crippen molar-refractivity contribution >= 4 is 23.7 Å². The van der Waals surface area contributed by atoms with Crippen molar-refractivity contribution in [2.75, 3.05) is 0 Å². The fourth-order valence-electron chi connectivity index (χ4n) is 2.44. The molecule has 0 saturated carbocycles. The Labute approximate surface area is 169 Å². The van der Waals surface area contributed by atoms with Gasteiger partial charge in [0.2, 0.25) is 0 Å². The largest absolute Gasteiger partial charge is 0.453 e. The van der Waals surface area contributed by atoms with Crippen molar-refractivity contribution in [1.29, 1.82) is 0 Å². The fourth-order valence-corrected chi connectivity index (χ4v) is 2.44. The summed E-state index contributed by atoms with van der Waals surface area (Å²) in [7, 11) is 0. The summed E-state index contributed by atoms with van der Waals surface area (Å²) >= 11 is 0. The number of ether oxygens (including phenoxy) is 1. The van der Waals surface area contributed by atoms with Gasteiger partial charge in [0.05, 0.1) is 6.42 Å². The van der Waals surface area contributed by atoms with E-state index in [1.807, 2.05) is 49.4 Å². The van der Waals surface area contributed by atoms with E-state index in [1.165, 1.54) is 6.92 Å². The minimum atomic E-state index is -1.15. The van der Waals surface area contributed by atoms with E-state index in [2.05, 4.69) is 10.6 Å². The second kappa shape index (κ2) is 10.8. The molecule has 0 saturated heterocycles. The molecule has 0 aliphatic heterocycles. The Morgan fingerprint density at radius 2 is 1.59 bits per heavy atom. The standard InChI is InChI=1S/C22H24N2O5/c1-15-8-10-18(11-9-15)19(25)12-13-20(26)29-16(2)21(27)24-22(28)23-14-17-6-4-3-5-7-17/h3-11,16H,12-14H2,1-2H3,(H2,23,24,27,28)/t16-/m1/s1.